The molecule has 2 aliphatic rings. The van der Waals surface area contributed by atoms with Gasteiger partial charge >= 0.3 is 0 Å². The molecule has 3 heteroatoms. The average Bonchev–Trinajstić information content (AvgIpc) is 2.61. The molecule has 0 saturated carbocycles. The molecule has 0 saturated heterocycles. The number of ketones is 1. The number of amides is 1. The van der Waals surface area contributed by atoms with Gasteiger partial charge in [0.25, 0.3) is 0 Å². The lowest BCUT2D eigenvalue weighted by Crippen LogP contribution is -2.40. The minimum absolute atomic E-state index is 0.0792. The van der Waals surface area contributed by atoms with Gasteiger partial charge in [0.15, 0.2) is 5.78 Å². The molecule has 0 N–H and O–H groups in total. The molecule has 2 aromatic carbocycles. The van der Waals surface area contributed by atoms with Crippen molar-refractivity contribution in [2.75, 3.05) is 4.90 Å². The van der Waals surface area contributed by atoms with Crippen LogP contribution in [0.25, 0.3) is 0 Å². The zero-order chi connectivity index (χ0) is 18.3. The number of hydrogen-bond acceptors (Lipinski definition) is 2. The Labute approximate surface area is 154 Å². The SMILES string of the molecule is Cc1cccc(C2CC(=O)N(c3cccc(C)c3)C3=C2C(=O)CCC3)c1. The average molecular weight is 345 g/mol. The fourth-order valence-corrected chi connectivity index (χ4v) is 4.23. The first kappa shape index (κ1) is 16.8. The number of allylic oxidation sites excluding steroid dienone is 2. The van der Waals surface area contributed by atoms with E-state index in [1.165, 1.54) is 0 Å². The van der Waals surface area contributed by atoms with E-state index in [0.29, 0.717) is 12.8 Å². The molecule has 3 nitrogen and oxygen atoms in total. The summed E-state index contributed by atoms with van der Waals surface area (Å²) in [6, 6.07) is 16.2. The minimum Gasteiger partial charge on any atom is -0.294 e. The van der Waals surface area contributed by atoms with Gasteiger partial charge in [-0.3, -0.25) is 14.5 Å². The number of carbonyl (C=O) groups is 2. The molecule has 132 valence electrons. The molecule has 0 spiro atoms. The number of nitrogens with zero attached hydrogens (tertiary/aromatic N) is 1. The highest BCUT2D eigenvalue weighted by Crippen LogP contribution is 2.43. The number of Topliss-reactive ketones (excluding diaryl/α,β-unsaturated/α-hetero) is 1. The normalized spacial score (nSPS) is 20.4. The van der Waals surface area contributed by atoms with E-state index in [-0.39, 0.29) is 17.6 Å². The van der Waals surface area contributed by atoms with Crippen LogP contribution in [0, 0.1) is 13.8 Å². The molecule has 4 rings (SSSR count). The van der Waals surface area contributed by atoms with Crippen molar-refractivity contribution >= 4 is 17.4 Å². The summed E-state index contributed by atoms with van der Waals surface area (Å²) in [6.07, 6.45) is 2.52. The molecule has 26 heavy (non-hydrogen) atoms. The van der Waals surface area contributed by atoms with Crippen molar-refractivity contribution in [3.8, 4) is 0 Å². The number of hydrogen-bond donors (Lipinski definition) is 0. The van der Waals surface area contributed by atoms with Crippen LogP contribution in [0.5, 0.6) is 0 Å². The highest BCUT2D eigenvalue weighted by molar-refractivity contribution is 6.07. The summed E-state index contributed by atoms with van der Waals surface area (Å²) in [5, 5.41) is 0. The van der Waals surface area contributed by atoms with Crippen LogP contribution in [0.2, 0.25) is 0 Å². The van der Waals surface area contributed by atoms with Crippen molar-refractivity contribution in [1.82, 2.24) is 0 Å². The molecule has 1 unspecified atom stereocenters. The van der Waals surface area contributed by atoms with Crippen LogP contribution in [0.1, 0.15) is 48.3 Å². The molecular formula is C23H23NO2. The maximum absolute atomic E-state index is 13.1. The second kappa shape index (κ2) is 6.56. The fraction of sp³-hybridized carbons (Fsp3) is 0.304. The number of benzene rings is 2. The summed E-state index contributed by atoms with van der Waals surface area (Å²) in [6.45, 7) is 4.07. The van der Waals surface area contributed by atoms with Crippen molar-refractivity contribution in [1.29, 1.82) is 0 Å². The third kappa shape index (κ3) is 2.88. The van der Waals surface area contributed by atoms with E-state index < -0.39 is 0 Å². The molecule has 0 aromatic heterocycles. The van der Waals surface area contributed by atoms with Crippen molar-refractivity contribution in [2.24, 2.45) is 0 Å². The van der Waals surface area contributed by atoms with Gasteiger partial charge in [0.05, 0.1) is 0 Å². The van der Waals surface area contributed by atoms with E-state index in [4.69, 9.17) is 0 Å². The second-order valence-electron chi connectivity index (χ2n) is 7.38. The predicted molar refractivity (Wildman–Crippen MR) is 103 cm³/mol. The van der Waals surface area contributed by atoms with Crippen LogP contribution in [0.3, 0.4) is 0 Å². The smallest absolute Gasteiger partial charge is 0.232 e. The van der Waals surface area contributed by atoms with Gasteiger partial charge in [0.1, 0.15) is 0 Å². The largest absolute Gasteiger partial charge is 0.294 e. The van der Waals surface area contributed by atoms with E-state index >= 15 is 0 Å². The number of carbonyl (C=O) groups excluding carboxylic acids is 2. The molecule has 2 aromatic rings. The Hall–Kier alpha value is -2.68. The highest BCUT2D eigenvalue weighted by Gasteiger charge is 2.39. The lowest BCUT2D eigenvalue weighted by molar-refractivity contribution is -0.119. The summed E-state index contributed by atoms with van der Waals surface area (Å²) < 4.78 is 0. The molecule has 0 fully saturated rings. The molecule has 1 aliphatic carbocycles. The van der Waals surface area contributed by atoms with E-state index in [0.717, 1.165) is 46.5 Å². The first-order chi connectivity index (χ1) is 12.5. The summed E-state index contributed by atoms with van der Waals surface area (Å²) in [7, 11) is 0. The molecular weight excluding hydrogens is 322 g/mol. The molecule has 1 atom stereocenters. The van der Waals surface area contributed by atoms with Crippen LogP contribution < -0.4 is 4.90 Å². The fourth-order valence-electron chi connectivity index (χ4n) is 4.23. The zero-order valence-corrected chi connectivity index (χ0v) is 15.3. The molecule has 0 bridgehead atoms. The van der Waals surface area contributed by atoms with Gasteiger partial charge in [0.2, 0.25) is 5.91 Å². The Morgan fingerprint density at radius 2 is 1.65 bits per heavy atom. The molecule has 0 radical (unpaired) electrons. The minimum atomic E-state index is -0.119. The summed E-state index contributed by atoms with van der Waals surface area (Å²) in [4.78, 5) is 27.8. The lowest BCUT2D eigenvalue weighted by Gasteiger charge is -2.38. The Bertz CT molecular complexity index is 925. The van der Waals surface area contributed by atoms with E-state index in [1.54, 1.807) is 4.90 Å². The molecule has 1 amide bonds. The Morgan fingerprint density at radius 3 is 2.38 bits per heavy atom. The van der Waals surface area contributed by atoms with Crippen molar-refractivity contribution in [3.63, 3.8) is 0 Å². The zero-order valence-electron chi connectivity index (χ0n) is 15.3. The Balaban J connectivity index is 1.87. The third-order valence-corrected chi connectivity index (χ3v) is 5.38. The van der Waals surface area contributed by atoms with Gasteiger partial charge in [-0.05, 0) is 49.9 Å². The third-order valence-electron chi connectivity index (χ3n) is 5.38. The number of rotatable bonds is 2. The Morgan fingerprint density at radius 1 is 0.923 bits per heavy atom. The van der Waals surface area contributed by atoms with Gasteiger partial charge < -0.3 is 0 Å². The number of anilines is 1. The van der Waals surface area contributed by atoms with Gasteiger partial charge in [-0.1, -0.05) is 42.0 Å². The summed E-state index contributed by atoms with van der Waals surface area (Å²) in [5.41, 5.74) is 5.98. The first-order valence-electron chi connectivity index (χ1n) is 9.27. The van der Waals surface area contributed by atoms with Gasteiger partial charge in [0, 0.05) is 35.7 Å². The second-order valence-corrected chi connectivity index (χ2v) is 7.38. The standard InChI is InChI=1S/C23H23NO2/c1-15-6-3-8-17(12-15)19-14-22(26)24(18-9-4-7-16(2)13-18)20-10-5-11-21(25)23(19)20/h3-4,6-9,12-13,19H,5,10-11,14H2,1-2H3. The first-order valence-corrected chi connectivity index (χ1v) is 9.27. The van der Waals surface area contributed by atoms with Gasteiger partial charge in [-0.2, -0.15) is 0 Å². The van der Waals surface area contributed by atoms with Crippen LogP contribution >= 0.6 is 0 Å². The topological polar surface area (TPSA) is 37.4 Å². The van der Waals surface area contributed by atoms with E-state index in [9.17, 15) is 9.59 Å². The van der Waals surface area contributed by atoms with Crippen molar-refractivity contribution < 1.29 is 9.59 Å². The van der Waals surface area contributed by atoms with Crippen molar-refractivity contribution in [3.05, 3.63) is 76.5 Å². The summed E-state index contributed by atoms with van der Waals surface area (Å²) >= 11 is 0. The van der Waals surface area contributed by atoms with Gasteiger partial charge in [-0.15, -0.1) is 0 Å². The van der Waals surface area contributed by atoms with Crippen LogP contribution in [-0.2, 0) is 9.59 Å². The molecule has 1 aliphatic heterocycles. The quantitative estimate of drug-likeness (QED) is 0.782. The molecule has 1 heterocycles. The maximum atomic E-state index is 13.1. The monoisotopic (exact) mass is 345 g/mol. The van der Waals surface area contributed by atoms with Crippen LogP contribution in [0.15, 0.2) is 59.8 Å². The van der Waals surface area contributed by atoms with E-state index in [1.807, 2.05) is 56.3 Å². The highest BCUT2D eigenvalue weighted by atomic mass is 16.2. The van der Waals surface area contributed by atoms with Gasteiger partial charge in [-0.25, -0.2) is 0 Å². The van der Waals surface area contributed by atoms with Crippen LogP contribution in [-0.4, -0.2) is 11.7 Å². The number of aryl methyl sites for hydroxylation is 2. The lowest BCUT2D eigenvalue weighted by atomic mass is 9.77. The predicted octanol–water partition coefficient (Wildman–Crippen LogP) is 4.83. The summed E-state index contributed by atoms with van der Waals surface area (Å²) in [5.74, 6) is 0.157. The Kier molecular flexibility index (Phi) is 4.23. The van der Waals surface area contributed by atoms with Crippen LogP contribution in [0.4, 0.5) is 5.69 Å². The van der Waals surface area contributed by atoms with E-state index in [2.05, 4.69) is 6.07 Å². The van der Waals surface area contributed by atoms with Crippen molar-refractivity contribution in [2.45, 2.75) is 45.4 Å². The maximum Gasteiger partial charge on any atom is 0.232 e.